The number of hydrogen-bond donors (Lipinski definition) is 0. The highest BCUT2D eigenvalue weighted by Crippen LogP contribution is 2.30. The highest BCUT2D eigenvalue weighted by Gasteiger charge is 2.36. The van der Waals surface area contributed by atoms with Crippen molar-refractivity contribution >= 4 is 22.0 Å². The molecule has 1 aromatic rings. The molecule has 0 aliphatic carbocycles. The van der Waals surface area contributed by atoms with E-state index in [1.54, 1.807) is 11.1 Å². The number of amides is 1. The van der Waals surface area contributed by atoms with E-state index >= 15 is 0 Å². The first kappa shape index (κ1) is 15.4. The van der Waals surface area contributed by atoms with E-state index in [1.807, 2.05) is 32.4 Å². The zero-order chi connectivity index (χ0) is 15.1. The molecule has 1 aliphatic heterocycles. The van der Waals surface area contributed by atoms with Crippen molar-refractivity contribution < 1.29 is 9.53 Å². The van der Waals surface area contributed by atoms with Crippen LogP contribution >= 0.6 is 15.9 Å². The van der Waals surface area contributed by atoms with Crippen molar-refractivity contribution in [2.45, 2.75) is 58.7 Å². The van der Waals surface area contributed by atoms with Crippen LogP contribution < -0.4 is 0 Å². The van der Waals surface area contributed by atoms with E-state index in [9.17, 15) is 4.79 Å². The average Bonchev–Trinajstić information content (AvgIpc) is 2.82. The molecule has 1 aromatic heterocycles. The second-order valence-corrected chi connectivity index (χ2v) is 7.25. The number of hydrogen-bond acceptors (Lipinski definition) is 3. The molecule has 5 nitrogen and oxygen atoms in total. The molecule has 6 heteroatoms. The van der Waals surface area contributed by atoms with Crippen molar-refractivity contribution in [1.82, 2.24) is 14.7 Å². The Balaban J connectivity index is 2.09. The standard InChI is InChI=1S/C14H22BrN3O2/c1-9-6-11(18-10(2)12(15)7-16-18)8-17(9)13(19)20-14(3,4)5/h7,9,11H,6,8H2,1-5H3/t9-,11-/m0/s1. The molecule has 0 saturated carbocycles. The second-order valence-electron chi connectivity index (χ2n) is 6.39. The highest BCUT2D eigenvalue weighted by atomic mass is 79.9. The Morgan fingerprint density at radius 2 is 2.15 bits per heavy atom. The summed E-state index contributed by atoms with van der Waals surface area (Å²) in [4.78, 5) is 14.0. The molecule has 0 unspecified atom stereocenters. The van der Waals surface area contributed by atoms with Crippen LogP contribution in [-0.4, -0.2) is 39.0 Å². The molecular formula is C14H22BrN3O2. The Kier molecular flexibility index (Phi) is 4.14. The Labute approximate surface area is 128 Å². The van der Waals surface area contributed by atoms with Gasteiger partial charge in [-0.05, 0) is 57.0 Å². The molecule has 2 heterocycles. The summed E-state index contributed by atoms with van der Waals surface area (Å²) in [5, 5.41) is 4.39. The van der Waals surface area contributed by atoms with Gasteiger partial charge in [-0.1, -0.05) is 0 Å². The third-order valence-corrected chi connectivity index (χ3v) is 4.29. The van der Waals surface area contributed by atoms with Crippen LogP contribution in [0.15, 0.2) is 10.7 Å². The van der Waals surface area contributed by atoms with Gasteiger partial charge < -0.3 is 9.64 Å². The van der Waals surface area contributed by atoms with E-state index in [-0.39, 0.29) is 18.2 Å². The van der Waals surface area contributed by atoms with E-state index in [0.29, 0.717) is 6.54 Å². The van der Waals surface area contributed by atoms with Gasteiger partial charge in [0.05, 0.1) is 16.7 Å². The van der Waals surface area contributed by atoms with Crippen molar-refractivity contribution in [3.63, 3.8) is 0 Å². The molecule has 20 heavy (non-hydrogen) atoms. The van der Waals surface area contributed by atoms with Gasteiger partial charge in [-0.15, -0.1) is 0 Å². The quantitative estimate of drug-likeness (QED) is 0.783. The molecule has 2 atom stereocenters. The van der Waals surface area contributed by atoms with Crippen LogP contribution in [0.1, 0.15) is 45.9 Å². The molecule has 0 aromatic carbocycles. The van der Waals surface area contributed by atoms with Crippen molar-refractivity contribution in [3.05, 3.63) is 16.4 Å². The third kappa shape index (κ3) is 3.16. The zero-order valence-electron chi connectivity index (χ0n) is 12.7. The minimum atomic E-state index is -0.459. The van der Waals surface area contributed by atoms with Crippen LogP contribution in [0, 0.1) is 6.92 Å². The monoisotopic (exact) mass is 343 g/mol. The normalized spacial score (nSPS) is 23.2. The second kappa shape index (κ2) is 5.39. The Hall–Kier alpha value is -1.04. The number of ether oxygens (including phenoxy) is 1. The molecule has 0 bridgehead atoms. The summed E-state index contributed by atoms with van der Waals surface area (Å²) in [6.07, 6.45) is 2.46. The van der Waals surface area contributed by atoms with Gasteiger partial charge in [0.2, 0.25) is 0 Å². The van der Waals surface area contributed by atoms with E-state index in [0.717, 1.165) is 16.6 Å². The number of nitrogens with zero attached hydrogens (tertiary/aromatic N) is 3. The molecule has 1 fully saturated rings. The van der Waals surface area contributed by atoms with Crippen molar-refractivity contribution in [2.24, 2.45) is 0 Å². The van der Waals surface area contributed by atoms with Gasteiger partial charge in [0.25, 0.3) is 0 Å². The SMILES string of the molecule is Cc1c(Br)cnn1[C@H]1C[C@H](C)N(C(=O)OC(C)(C)C)C1. The fourth-order valence-corrected chi connectivity index (χ4v) is 2.80. The van der Waals surface area contributed by atoms with Crippen molar-refractivity contribution in [2.75, 3.05) is 6.54 Å². The first-order valence-corrected chi connectivity index (χ1v) is 7.67. The fraction of sp³-hybridized carbons (Fsp3) is 0.714. The predicted octanol–water partition coefficient (Wildman–Crippen LogP) is 3.52. The molecule has 0 radical (unpaired) electrons. The van der Waals surface area contributed by atoms with Crippen molar-refractivity contribution in [1.29, 1.82) is 0 Å². The van der Waals surface area contributed by atoms with Gasteiger partial charge in [0, 0.05) is 18.3 Å². The highest BCUT2D eigenvalue weighted by molar-refractivity contribution is 9.10. The minimum absolute atomic E-state index is 0.164. The summed E-state index contributed by atoms with van der Waals surface area (Å²) < 4.78 is 8.45. The van der Waals surface area contributed by atoms with Crippen LogP contribution in [0.3, 0.4) is 0 Å². The molecule has 0 spiro atoms. The molecule has 112 valence electrons. The van der Waals surface area contributed by atoms with Crippen LogP contribution in [0.5, 0.6) is 0 Å². The van der Waals surface area contributed by atoms with Gasteiger partial charge in [0.15, 0.2) is 0 Å². The van der Waals surface area contributed by atoms with Gasteiger partial charge >= 0.3 is 6.09 Å². The first-order chi connectivity index (χ1) is 9.19. The maximum atomic E-state index is 12.2. The number of carbonyl (C=O) groups excluding carboxylic acids is 1. The van der Waals surface area contributed by atoms with Gasteiger partial charge in [-0.2, -0.15) is 5.10 Å². The zero-order valence-corrected chi connectivity index (χ0v) is 14.3. The summed E-state index contributed by atoms with van der Waals surface area (Å²) in [6, 6.07) is 0.376. The lowest BCUT2D eigenvalue weighted by atomic mass is 10.2. The molecular weight excluding hydrogens is 322 g/mol. The van der Waals surface area contributed by atoms with E-state index < -0.39 is 5.60 Å². The number of rotatable bonds is 1. The van der Waals surface area contributed by atoms with Gasteiger partial charge in [-0.25, -0.2) is 4.79 Å². The Morgan fingerprint density at radius 1 is 1.50 bits per heavy atom. The lowest BCUT2D eigenvalue weighted by Gasteiger charge is -2.26. The summed E-state index contributed by atoms with van der Waals surface area (Å²) in [5.74, 6) is 0. The smallest absolute Gasteiger partial charge is 0.410 e. The van der Waals surface area contributed by atoms with Crippen LogP contribution in [-0.2, 0) is 4.74 Å². The predicted molar refractivity (Wildman–Crippen MR) is 80.7 cm³/mol. The topological polar surface area (TPSA) is 47.4 Å². The average molecular weight is 344 g/mol. The summed E-state index contributed by atoms with van der Waals surface area (Å²) in [7, 11) is 0. The number of halogens is 1. The van der Waals surface area contributed by atoms with Crippen LogP contribution in [0.2, 0.25) is 0 Å². The first-order valence-electron chi connectivity index (χ1n) is 6.88. The van der Waals surface area contributed by atoms with E-state index in [2.05, 4.69) is 28.0 Å². The summed E-state index contributed by atoms with van der Waals surface area (Å²) >= 11 is 3.47. The summed E-state index contributed by atoms with van der Waals surface area (Å²) in [6.45, 7) is 10.4. The maximum Gasteiger partial charge on any atom is 0.410 e. The number of likely N-dealkylation sites (tertiary alicyclic amines) is 1. The minimum Gasteiger partial charge on any atom is -0.444 e. The number of aromatic nitrogens is 2. The van der Waals surface area contributed by atoms with E-state index in [1.165, 1.54) is 0 Å². The van der Waals surface area contributed by atoms with Gasteiger partial charge in [0.1, 0.15) is 5.60 Å². The largest absolute Gasteiger partial charge is 0.444 e. The Bertz CT molecular complexity index is 507. The fourth-order valence-electron chi connectivity index (χ4n) is 2.53. The van der Waals surface area contributed by atoms with Crippen LogP contribution in [0.25, 0.3) is 0 Å². The van der Waals surface area contributed by atoms with E-state index in [4.69, 9.17) is 4.74 Å². The van der Waals surface area contributed by atoms with Gasteiger partial charge in [-0.3, -0.25) is 4.68 Å². The number of carbonyl (C=O) groups is 1. The maximum absolute atomic E-state index is 12.2. The molecule has 1 aliphatic rings. The van der Waals surface area contributed by atoms with Crippen molar-refractivity contribution in [3.8, 4) is 0 Å². The third-order valence-electron chi connectivity index (χ3n) is 3.51. The molecule has 1 saturated heterocycles. The molecule has 0 N–H and O–H groups in total. The van der Waals surface area contributed by atoms with Crippen LogP contribution in [0.4, 0.5) is 4.79 Å². The lowest BCUT2D eigenvalue weighted by Crippen LogP contribution is -2.39. The molecule has 2 rings (SSSR count). The molecule has 1 amide bonds. The summed E-state index contributed by atoms with van der Waals surface area (Å²) in [5.41, 5.74) is 0.632. The lowest BCUT2D eigenvalue weighted by molar-refractivity contribution is 0.0234. The Morgan fingerprint density at radius 3 is 2.65 bits per heavy atom.